The van der Waals surface area contributed by atoms with Gasteiger partial charge in [0.2, 0.25) is 5.91 Å². The van der Waals surface area contributed by atoms with Crippen LogP contribution < -0.4 is 0 Å². The first kappa shape index (κ1) is 13.6. The number of carbonyl (C=O) groups excluding carboxylic acids is 2. The van der Waals surface area contributed by atoms with E-state index < -0.39 is 0 Å². The van der Waals surface area contributed by atoms with Gasteiger partial charge >= 0.3 is 0 Å². The maximum Gasteiger partial charge on any atom is 0.245 e. The summed E-state index contributed by atoms with van der Waals surface area (Å²) >= 11 is 1.06. The normalized spacial score (nSPS) is 11.0. The molecular weight excluding hydrogens is 288 g/mol. The van der Waals surface area contributed by atoms with Crippen molar-refractivity contribution >= 4 is 28.4 Å². The Labute approximate surface area is 124 Å². The fraction of sp³-hybridized carbons (Fsp3) is 0.143. The van der Waals surface area contributed by atoms with Gasteiger partial charge in [-0.3, -0.25) is 9.59 Å². The highest BCUT2D eigenvalue weighted by Gasteiger charge is 2.21. The third-order valence-corrected chi connectivity index (χ3v) is 3.78. The molecule has 3 aromatic rings. The lowest BCUT2D eigenvalue weighted by Gasteiger charge is -2.01. The van der Waals surface area contributed by atoms with E-state index in [1.54, 1.807) is 0 Å². The van der Waals surface area contributed by atoms with Crippen LogP contribution in [0.3, 0.4) is 0 Å². The molecular formula is C14H12N4O2S. The van der Waals surface area contributed by atoms with E-state index in [4.69, 9.17) is 0 Å². The molecule has 0 atom stereocenters. The maximum absolute atomic E-state index is 11.7. The molecule has 106 valence electrons. The fourth-order valence-electron chi connectivity index (χ4n) is 2.09. The highest BCUT2D eigenvalue weighted by molar-refractivity contribution is 8.13. The highest BCUT2D eigenvalue weighted by Crippen LogP contribution is 2.34. The first-order valence-corrected chi connectivity index (χ1v) is 7.10. The molecule has 21 heavy (non-hydrogen) atoms. The van der Waals surface area contributed by atoms with E-state index in [2.05, 4.69) is 10.2 Å². The monoisotopic (exact) mass is 300 g/mol. The van der Waals surface area contributed by atoms with Crippen molar-refractivity contribution in [2.45, 2.75) is 18.7 Å². The number of nitrogens with zero attached hydrogens (tertiary/aromatic N) is 4. The van der Waals surface area contributed by atoms with E-state index in [0.29, 0.717) is 16.2 Å². The van der Waals surface area contributed by atoms with Gasteiger partial charge in [-0.05, 0) is 11.8 Å². The highest BCUT2D eigenvalue weighted by atomic mass is 32.2. The number of benzene rings is 1. The first-order chi connectivity index (χ1) is 10.1. The molecule has 6 nitrogen and oxygen atoms in total. The van der Waals surface area contributed by atoms with Crippen molar-refractivity contribution in [1.29, 1.82) is 0 Å². The largest absolute Gasteiger partial charge is 0.287 e. The van der Waals surface area contributed by atoms with E-state index >= 15 is 0 Å². The van der Waals surface area contributed by atoms with Crippen molar-refractivity contribution in [3.8, 4) is 11.3 Å². The predicted octanol–water partition coefficient (Wildman–Crippen LogP) is 2.50. The SMILES string of the molecule is CC(=O)Sc1c(-c2ccccc2)nn2cnn(C(C)=O)c12. The van der Waals surface area contributed by atoms with Crippen LogP contribution in [0.1, 0.15) is 18.6 Å². The minimum atomic E-state index is -0.227. The molecule has 0 amide bonds. The summed E-state index contributed by atoms with van der Waals surface area (Å²) < 4.78 is 2.78. The van der Waals surface area contributed by atoms with Crippen LogP contribution in [-0.2, 0) is 4.79 Å². The Morgan fingerprint density at radius 2 is 1.86 bits per heavy atom. The minimum absolute atomic E-state index is 0.0709. The molecule has 0 fully saturated rings. The van der Waals surface area contributed by atoms with Crippen LogP contribution in [0.5, 0.6) is 0 Å². The van der Waals surface area contributed by atoms with Crippen molar-refractivity contribution in [2.75, 3.05) is 0 Å². The summed E-state index contributed by atoms with van der Waals surface area (Å²) in [5.41, 5.74) is 2.07. The zero-order valence-electron chi connectivity index (χ0n) is 11.5. The van der Waals surface area contributed by atoms with Crippen LogP contribution in [0, 0.1) is 0 Å². The van der Waals surface area contributed by atoms with E-state index in [-0.39, 0.29) is 11.0 Å². The Hall–Kier alpha value is -2.41. The molecule has 7 heteroatoms. The van der Waals surface area contributed by atoms with Gasteiger partial charge in [-0.1, -0.05) is 30.3 Å². The van der Waals surface area contributed by atoms with Gasteiger partial charge in [-0.25, -0.2) is 4.52 Å². The number of fused-ring (bicyclic) bond motifs is 1. The molecule has 1 aromatic carbocycles. The van der Waals surface area contributed by atoms with Gasteiger partial charge < -0.3 is 0 Å². The molecule has 0 bridgehead atoms. The molecule has 0 unspecified atom stereocenters. The van der Waals surface area contributed by atoms with Gasteiger partial charge in [0.25, 0.3) is 0 Å². The Morgan fingerprint density at radius 1 is 1.14 bits per heavy atom. The Bertz CT molecular complexity index is 835. The maximum atomic E-state index is 11.7. The summed E-state index contributed by atoms with van der Waals surface area (Å²) in [5.74, 6) is -0.227. The van der Waals surface area contributed by atoms with Gasteiger partial charge in [0.1, 0.15) is 12.0 Å². The van der Waals surface area contributed by atoms with Gasteiger partial charge in [0.15, 0.2) is 10.8 Å². The standard InChI is InChI=1S/C14H12N4O2S/c1-9(19)18-14-13(21-10(2)20)12(16-17(14)8-15-18)11-6-4-3-5-7-11/h3-8H,1-2H3. The average molecular weight is 300 g/mol. The average Bonchev–Trinajstić information content (AvgIpc) is 3.00. The van der Waals surface area contributed by atoms with E-state index in [1.165, 1.54) is 29.4 Å². The Balaban J connectivity index is 2.30. The quantitative estimate of drug-likeness (QED) is 0.680. The van der Waals surface area contributed by atoms with Crippen LogP contribution in [0.2, 0.25) is 0 Å². The zero-order valence-corrected chi connectivity index (χ0v) is 12.3. The summed E-state index contributed by atoms with van der Waals surface area (Å²) in [6.07, 6.45) is 1.47. The van der Waals surface area contributed by atoms with Crippen molar-refractivity contribution in [3.05, 3.63) is 36.7 Å². The van der Waals surface area contributed by atoms with E-state index in [9.17, 15) is 9.59 Å². The summed E-state index contributed by atoms with van der Waals surface area (Å²) in [6, 6.07) is 9.54. The van der Waals surface area contributed by atoms with E-state index in [0.717, 1.165) is 17.3 Å². The topological polar surface area (TPSA) is 69.3 Å². The molecule has 3 rings (SSSR count). The van der Waals surface area contributed by atoms with Crippen LogP contribution in [-0.4, -0.2) is 30.4 Å². The number of hydrogen-bond acceptors (Lipinski definition) is 5. The fourth-order valence-corrected chi connectivity index (χ4v) is 2.91. The van der Waals surface area contributed by atoms with Crippen molar-refractivity contribution < 1.29 is 9.59 Å². The molecule has 0 radical (unpaired) electrons. The number of hydrogen-bond donors (Lipinski definition) is 0. The molecule has 0 aliphatic carbocycles. The first-order valence-electron chi connectivity index (χ1n) is 6.29. The second-order valence-corrected chi connectivity index (χ2v) is 5.65. The molecule has 0 N–H and O–H groups in total. The number of rotatable bonds is 2. The Morgan fingerprint density at radius 3 is 2.48 bits per heavy atom. The van der Waals surface area contributed by atoms with Crippen LogP contribution in [0.4, 0.5) is 0 Å². The van der Waals surface area contributed by atoms with Gasteiger partial charge in [-0.15, -0.1) is 0 Å². The van der Waals surface area contributed by atoms with Crippen LogP contribution >= 0.6 is 11.8 Å². The van der Waals surface area contributed by atoms with Gasteiger partial charge in [-0.2, -0.15) is 14.9 Å². The Kier molecular flexibility index (Phi) is 3.34. The summed E-state index contributed by atoms with van der Waals surface area (Å²) in [5, 5.41) is 8.38. The third-order valence-electron chi connectivity index (χ3n) is 2.91. The molecule has 0 aliphatic heterocycles. The predicted molar refractivity (Wildman–Crippen MR) is 79.3 cm³/mol. The molecule has 0 spiro atoms. The molecule has 0 saturated heterocycles. The molecule has 0 saturated carbocycles. The number of thioether (sulfide) groups is 1. The molecule has 2 heterocycles. The lowest BCUT2D eigenvalue weighted by atomic mass is 10.1. The number of aromatic nitrogens is 4. The molecule has 0 aliphatic rings. The van der Waals surface area contributed by atoms with Crippen molar-refractivity contribution in [3.63, 3.8) is 0 Å². The lowest BCUT2D eigenvalue weighted by Crippen LogP contribution is -2.07. The van der Waals surface area contributed by atoms with Crippen LogP contribution in [0.15, 0.2) is 41.6 Å². The second-order valence-electron chi connectivity index (χ2n) is 4.47. The third kappa shape index (κ3) is 2.36. The van der Waals surface area contributed by atoms with Crippen LogP contribution in [0.25, 0.3) is 16.9 Å². The van der Waals surface area contributed by atoms with Gasteiger partial charge in [0.05, 0.1) is 4.90 Å². The van der Waals surface area contributed by atoms with E-state index in [1.807, 2.05) is 30.3 Å². The zero-order chi connectivity index (χ0) is 15.0. The summed E-state index contributed by atoms with van der Waals surface area (Å²) in [6.45, 7) is 2.90. The summed E-state index contributed by atoms with van der Waals surface area (Å²) in [7, 11) is 0. The molecule has 2 aromatic heterocycles. The minimum Gasteiger partial charge on any atom is -0.287 e. The summed E-state index contributed by atoms with van der Waals surface area (Å²) in [4.78, 5) is 23.9. The number of carbonyl (C=O) groups is 2. The lowest BCUT2D eigenvalue weighted by molar-refractivity contribution is -0.109. The second kappa shape index (κ2) is 5.17. The van der Waals surface area contributed by atoms with Crippen molar-refractivity contribution in [1.82, 2.24) is 19.4 Å². The smallest absolute Gasteiger partial charge is 0.245 e. The van der Waals surface area contributed by atoms with Gasteiger partial charge in [0, 0.05) is 19.4 Å². The van der Waals surface area contributed by atoms with Crippen molar-refractivity contribution in [2.24, 2.45) is 0 Å².